The van der Waals surface area contributed by atoms with Crippen molar-refractivity contribution >= 4 is 11.8 Å². The van der Waals surface area contributed by atoms with Crippen LogP contribution in [0.1, 0.15) is 50.0 Å². The Bertz CT molecular complexity index is 621. The molecule has 0 aromatic heterocycles. The highest BCUT2D eigenvalue weighted by molar-refractivity contribution is 5.65. The number of amides is 1. The van der Waals surface area contributed by atoms with Gasteiger partial charge in [-0.3, -0.25) is 0 Å². The molecule has 1 saturated carbocycles. The second-order valence-electron chi connectivity index (χ2n) is 7.22. The summed E-state index contributed by atoms with van der Waals surface area (Å²) in [5.41, 5.74) is 7.15. The number of piperidine rings is 1. The number of nitrogens with two attached hydrogens (primary N) is 1. The van der Waals surface area contributed by atoms with Crippen LogP contribution in [0.15, 0.2) is 18.2 Å². The molecule has 0 bridgehead atoms. The number of hydrogen-bond acceptors (Lipinski definition) is 3. The van der Waals surface area contributed by atoms with Crippen LogP contribution in [0, 0.1) is 5.41 Å². The number of nitrogens with zero attached hydrogens (tertiary/aromatic N) is 1. The maximum Gasteiger partial charge on any atom is 0.407 e. The number of benzene rings is 1. The van der Waals surface area contributed by atoms with Crippen LogP contribution in [-0.2, 0) is 0 Å². The van der Waals surface area contributed by atoms with Gasteiger partial charge in [-0.15, -0.1) is 0 Å². The normalized spacial score (nSPS) is 20.8. The Labute approximate surface area is 145 Å². The number of hydrogen-bond donors (Lipinski definition) is 2. The molecule has 5 nitrogen and oxygen atoms in total. The molecule has 0 atom stereocenters. The first kappa shape index (κ1) is 17.8. The maximum atomic E-state index is 12.5. The van der Waals surface area contributed by atoms with Crippen LogP contribution in [0.4, 0.5) is 19.3 Å². The van der Waals surface area contributed by atoms with Crippen molar-refractivity contribution in [3.05, 3.63) is 23.8 Å². The molecular formula is C18H24F2N2O3. The molecule has 25 heavy (non-hydrogen) atoms. The number of halogens is 2. The second-order valence-corrected chi connectivity index (χ2v) is 7.22. The van der Waals surface area contributed by atoms with Crippen molar-refractivity contribution in [3.63, 3.8) is 0 Å². The Balaban J connectivity index is 1.62. The molecule has 1 heterocycles. The summed E-state index contributed by atoms with van der Waals surface area (Å²) in [4.78, 5) is 12.5. The number of carboxylic acid groups (broad SMARTS) is 1. The Morgan fingerprint density at radius 2 is 1.88 bits per heavy atom. The fourth-order valence-corrected chi connectivity index (χ4v) is 4.24. The lowest BCUT2D eigenvalue weighted by molar-refractivity contribution is -0.0494. The predicted octanol–water partition coefficient (Wildman–Crippen LogP) is 4.29. The quantitative estimate of drug-likeness (QED) is 0.794. The minimum absolute atomic E-state index is 0.0440. The van der Waals surface area contributed by atoms with Crippen molar-refractivity contribution in [1.82, 2.24) is 4.90 Å². The Hall–Kier alpha value is -2.05. The number of ether oxygens (including phenoxy) is 1. The van der Waals surface area contributed by atoms with Crippen LogP contribution in [0.5, 0.6) is 5.75 Å². The molecule has 3 rings (SSSR count). The molecule has 1 spiro atoms. The minimum atomic E-state index is -2.88. The highest BCUT2D eigenvalue weighted by Gasteiger charge is 2.39. The molecule has 138 valence electrons. The van der Waals surface area contributed by atoms with E-state index in [2.05, 4.69) is 4.74 Å². The molecular weight excluding hydrogens is 330 g/mol. The third-order valence-corrected chi connectivity index (χ3v) is 5.87. The van der Waals surface area contributed by atoms with Crippen LogP contribution < -0.4 is 10.5 Å². The van der Waals surface area contributed by atoms with E-state index in [1.54, 1.807) is 12.1 Å². The number of alkyl halides is 2. The van der Waals surface area contributed by atoms with E-state index in [4.69, 9.17) is 10.8 Å². The first-order valence-electron chi connectivity index (χ1n) is 8.71. The summed E-state index contributed by atoms with van der Waals surface area (Å²) in [5.74, 6) is 0.353. The largest absolute Gasteiger partial charge is 0.465 e. The van der Waals surface area contributed by atoms with Gasteiger partial charge in [0.25, 0.3) is 0 Å². The van der Waals surface area contributed by atoms with Crippen LogP contribution in [-0.4, -0.2) is 35.8 Å². The van der Waals surface area contributed by atoms with E-state index in [0.29, 0.717) is 19.0 Å². The van der Waals surface area contributed by atoms with Gasteiger partial charge in [-0.2, -0.15) is 8.78 Å². The average Bonchev–Trinajstić information content (AvgIpc) is 2.58. The van der Waals surface area contributed by atoms with Crippen molar-refractivity contribution in [1.29, 1.82) is 0 Å². The van der Waals surface area contributed by atoms with Crippen molar-refractivity contribution in [3.8, 4) is 5.75 Å². The van der Waals surface area contributed by atoms with Crippen LogP contribution >= 0.6 is 0 Å². The summed E-state index contributed by atoms with van der Waals surface area (Å²) in [6.45, 7) is -1.67. The van der Waals surface area contributed by atoms with Crippen LogP contribution in [0.2, 0.25) is 0 Å². The molecule has 1 aliphatic carbocycles. The molecule has 2 fully saturated rings. The van der Waals surface area contributed by atoms with Crippen LogP contribution in [0.25, 0.3) is 0 Å². The van der Waals surface area contributed by atoms with Crippen molar-refractivity contribution in [2.75, 3.05) is 18.8 Å². The van der Waals surface area contributed by atoms with Crippen molar-refractivity contribution < 1.29 is 23.4 Å². The topological polar surface area (TPSA) is 75.8 Å². The molecule has 1 saturated heterocycles. The average molecular weight is 354 g/mol. The van der Waals surface area contributed by atoms with E-state index in [0.717, 1.165) is 44.1 Å². The zero-order valence-corrected chi connectivity index (χ0v) is 14.1. The van der Waals surface area contributed by atoms with Gasteiger partial charge in [-0.25, -0.2) is 4.79 Å². The zero-order valence-electron chi connectivity index (χ0n) is 14.1. The van der Waals surface area contributed by atoms with Gasteiger partial charge in [0.15, 0.2) is 0 Å². The van der Waals surface area contributed by atoms with Gasteiger partial charge in [-0.05, 0) is 67.6 Å². The van der Waals surface area contributed by atoms with Crippen molar-refractivity contribution in [2.45, 2.75) is 51.1 Å². The molecule has 1 aromatic carbocycles. The summed E-state index contributed by atoms with van der Waals surface area (Å²) < 4.78 is 29.5. The van der Waals surface area contributed by atoms with E-state index < -0.39 is 12.7 Å². The third-order valence-electron chi connectivity index (χ3n) is 5.87. The van der Waals surface area contributed by atoms with Gasteiger partial charge in [0, 0.05) is 13.1 Å². The lowest BCUT2D eigenvalue weighted by Crippen LogP contribution is -2.43. The number of rotatable bonds is 3. The van der Waals surface area contributed by atoms with Crippen molar-refractivity contribution in [2.24, 2.45) is 5.41 Å². The summed E-state index contributed by atoms with van der Waals surface area (Å²) in [6.07, 6.45) is 5.02. The number of nitrogen functional groups attached to an aromatic ring is 1. The van der Waals surface area contributed by atoms with E-state index in [-0.39, 0.29) is 16.9 Å². The van der Waals surface area contributed by atoms with Gasteiger partial charge < -0.3 is 20.5 Å². The fraction of sp³-hybridized carbons (Fsp3) is 0.611. The minimum Gasteiger partial charge on any atom is -0.465 e. The first-order chi connectivity index (χ1) is 11.9. The standard InChI is InChI=1S/C18H24F2N2O3/c19-16(20)25-15-11-13(1-2-14(15)21)12-3-5-18(6-4-12)7-9-22(10-8-18)17(23)24/h1-2,11-12,16H,3-10,21H2,(H,23,24). The van der Waals surface area contributed by atoms with Gasteiger partial charge in [0.1, 0.15) is 5.75 Å². The summed E-state index contributed by atoms with van der Waals surface area (Å²) in [7, 11) is 0. The van der Waals surface area contributed by atoms with Gasteiger partial charge >= 0.3 is 12.7 Å². The van der Waals surface area contributed by atoms with E-state index in [1.807, 2.05) is 6.07 Å². The SMILES string of the molecule is Nc1ccc(C2CCC3(CC2)CCN(C(=O)O)CC3)cc1OC(F)F. The monoisotopic (exact) mass is 354 g/mol. The van der Waals surface area contributed by atoms with Crippen LogP contribution in [0.3, 0.4) is 0 Å². The van der Waals surface area contributed by atoms with E-state index >= 15 is 0 Å². The molecule has 0 unspecified atom stereocenters. The van der Waals surface area contributed by atoms with Gasteiger partial charge in [0.2, 0.25) is 0 Å². The highest BCUT2D eigenvalue weighted by atomic mass is 19.3. The first-order valence-corrected chi connectivity index (χ1v) is 8.71. The summed E-state index contributed by atoms with van der Waals surface area (Å²) >= 11 is 0. The Morgan fingerprint density at radius 3 is 2.44 bits per heavy atom. The lowest BCUT2D eigenvalue weighted by atomic mass is 9.64. The number of anilines is 1. The second kappa shape index (κ2) is 7.06. The Morgan fingerprint density at radius 1 is 1.24 bits per heavy atom. The lowest BCUT2D eigenvalue weighted by Gasteiger charge is -2.45. The molecule has 2 aliphatic rings. The highest BCUT2D eigenvalue weighted by Crippen LogP contribution is 2.49. The molecule has 1 amide bonds. The van der Waals surface area contributed by atoms with Gasteiger partial charge in [0.05, 0.1) is 5.69 Å². The fourth-order valence-electron chi connectivity index (χ4n) is 4.24. The number of likely N-dealkylation sites (tertiary alicyclic amines) is 1. The third kappa shape index (κ3) is 3.96. The predicted molar refractivity (Wildman–Crippen MR) is 90.0 cm³/mol. The van der Waals surface area contributed by atoms with Gasteiger partial charge in [-0.1, -0.05) is 6.07 Å². The molecule has 0 radical (unpaired) electrons. The Kier molecular flexibility index (Phi) is 5.01. The smallest absolute Gasteiger partial charge is 0.407 e. The molecule has 7 heteroatoms. The maximum absolute atomic E-state index is 12.5. The summed E-state index contributed by atoms with van der Waals surface area (Å²) in [6, 6.07) is 5.16. The molecule has 3 N–H and O–H groups in total. The zero-order chi connectivity index (χ0) is 18.0. The molecule has 1 aliphatic heterocycles. The number of carbonyl (C=O) groups is 1. The van der Waals surface area contributed by atoms with E-state index in [1.165, 1.54) is 4.90 Å². The van der Waals surface area contributed by atoms with E-state index in [9.17, 15) is 13.6 Å². The summed E-state index contributed by atoms with van der Waals surface area (Å²) in [5, 5.41) is 9.08. The molecule has 1 aromatic rings.